The third kappa shape index (κ3) is 9.59. The smallest absolute Gasteiger partial charge is 0.280 e. The lowest BCUT2D eigenvalue weighted by Gasteiger charge is -2.27. The number of hydrogen-bond acceptors (Lipinski definition) is 6. The second-order valence-corrected chi connectivity index (χ2v) is 17.5. The van der Waals surface area contributed by atoms with Crippen LogP contribution in [-0.4, -0.2) is 35.0 Å². The first-order valence-electron chi connectivity index (χ1n) is 19.4. The predicted molar refractivity (Wildman–Crippen MR) is 215 cm³/mol. The van der Waals surface area contributed by atoms with E-state index in [0.29, 0.717) is 42.4 Å². The number of hydrogen-bond donors (Lipinski definition) is 0. The van der Waals surface area contributed by atoms with Crippen LogP contribution in [0.2, 0.25) is 0 Å². The van der Waals surface area contributed by atoms with E-state index in [1.165, 1.54) is 36.4 Å². The average Bonchev–Trinajstić information content (AvgIpc) is 3.67. The molecule has 5 rings (SSSR count). The molecule has 0 radical (unpaired) electrons. The second kappa shape index (κ2) is 18.6. The van der Waals surface area contributed by atoms with E-state index in [0.717, 1.165) is 76.5 Å². The molecule has 0 N–H and O–H groups in total. The van der Waals surface area contributed by atoms with Crippen molar-refractivity contribution in [3.63, 3.8) is 0 Å². The first kappa shape index (κ1) is 39.8. The lowest BCUT2D eigenvalue weighted by molar-refractivity contribution is -0.149. The summed E-state index contributed by atoms with van der Waals surface area (Å²) >= 11 is 2.99. The van der Waals surface area contributed by atoms with Gasteiger partial charge in [-0.15, -0.1) is 0 Å². The van der Waals surface area contributed by atoms with Crippen molar-refractivity contribution in [1.82, 2.24) is 10.0 Å². The van der Waals surface area contributed by atoms with Crippen LogP contribution >= 0.6 is 23.5 Å². The predicted octanol–water partition coefficient (Wildman–Crippen LogP) is 11.6. The molecule has 2 atom stereocenters. The van der Waals surface area contributed by atoms with Gasteiger partial charge in [0.15, 0.2) is 0 Å². The molecule has 3 aromatic rings. The minimum atomic E-state index is -0.273. The summed E-state index contributed by atoms with van der Waals surface area (Å²) < 4.78 is 14.3. The van der Waals surface area contributed by atoms with Gasteiger partial charge in [0.2, 0.25) is 0 Å². The van der Waals surface area contributed by atoms with Crippen molar-refractivity contribution >= 4 is 35.3 Å². The number of rotatable bonds is 18. The number of amides is 2. The van der Waals surface area contributed by atoms with E-state index in [-0.39, 0.29) is 22.8 Å². The summed E-state index contributed by atoms with van der Waals surface area (Å²) in [5.74, 6) is 2.04. The van der Waals surface area contributed by atoms with E-state index in [9.17, 15) is 9.59 Å². The average molecular weight is 743 g/mol. The van der Waals surface area contributed by atoms with Crippen molar-refractivity contribution in [2.75, 3.05) is 13.2 Å². The highest BCUT2D eigenvalue weighted by Gasteiger charge is 2.45. The number of hydrazine groups is 1. The number of unbranched alkanes of at least 4 members (excludes halogenated alkanes) is 2. The Bertz CT molecular complexity index is 1620. The molecule has 0 spiro atoms. The summed E-state index contributed by atoms with van der Waals surface area (Å²) in [5.41, 5.74) is 3.01. The molecule has 52 heavy (non-hydrogen) atoms. The number of carbonyl (C=O) groups excluding carboxylic acids is 2. The summed E-state index contributed by atoms with van der Waals surface area (Å²) in [5, 5.41) is 3.23. The van der Waals surface area contributed by atoms with Crippen LogP contribution in [0.5, 0.6) is 11.5 Å². The van der Waals surface area contributed by atoms with Crippen molar-refractivity contribution in [2.24, 2.45) is 11.8 Å². The number of ether oxygens (including phenoxy) is 2. The molecule has 2 unspecified atom stereocenters. The van der Waals surface area contributed by atoms with Gasteiger partial charge in [-0.3, -0.25) is 9.59 Å². The topological polar surface area (TPSA) is 59.1 Å². The molecule has 0 aliphatic carbocycles. The first-order valence-corrected chi connectivity index (χ1v) is 21.0. The molecule has 1 saturated heterocycles. The molecule has 1 fully saturated rings. The Balaban J connectivity index is 1.58. The highest BCUT2D eigenvalue weighted by molar-refractivity contribution is 8.25. The van der Waals surface area contributed by atoms with Gasteiger partial charge in [-0.25, -0.2) is 10.0 Å². The molecule has 280 valence electrons. The van der Waals surface area contributed by atoms with Crippen molar-refractivity contribution in [1.29, 1.82) is 0 Å². The minimum absolute atomic E-state index is 0.219. The molecule has 2 aliphatic heterocycles. The molecule has 2 amide bonds. The third-order valence-electron chi connectivity index (χ3n) is 10.1. The number of thioether (sulfide) groups is 2. The van der Waals surface area contributed by atoms with Crippen molar-refractivity contribution in [3.8, 4) is 11.5 Å². The zero-order valence-corrected chi connectivity index (χ0v) is 34.0. The van der Waals surface area contributed by atoms with Crippen LogP contribution in [-0.2, 0) is 28.1 Å². The Morgan fingerprint density at radius 2 is 1.15 bits per heavy atom. The second-order valence-electron chi connectivity index (χ2n) is 15.2. The van der Waals surface area contributed by atoms with Gasteiger partial charge in [0.25, 0.3) is 11.8 Å². The largest absolute Gasteiger partial charge is 0.492 e. The van der Waals surface area contributed by atoms with Gasteiger partial charge in [0.1, 0.15) is 17.1 Å². The van der Waals surface area contributed by atoms with E-state index in [4.69, 9.17) is 9.47 Å². The lowest BCUT2D eigenvalue weighted by atomic mass is 9.86. The normalized spacial score (nSPS) is 15.8. The molecular weight excluding hydrogens is 685 g/mol. The maximum atomic E-state index is 14.5. The van der Waals surface area contributed by atoms with E-state index >= 15 is 0 Å². The molecule has 2 heterocycles. The van der Waals surface area contributed by atoms with Crippen molar-refractivity contribution in [2.45, 2.75) is 128 Å². The third-order valence-corrected chi connectivity index (χ3v) is 12.7. The van der Waals surface area contributed by atoms with Gasteiger partial charge in [0, 0.05) is 5.56 Å². The quantitative estimate of drug-likeness (QED) is 0.0955. The van der Waals surface area contributed by atoms with Crippen LogP contribution in [0.15, 0.2) is 86.3 Å². The van der Waals surface area contributed by atoms with Crippen LogP contribution in [0.1, 0.15) is 117 Å². The highest BCUT2D eigenvalue weighted by atomic mass is 32.2. The Morgan fingerprint density at radius 1 is 0.673 bits per heavy atom. The highest BCUT2D eigenvalue weighted by Crippen LogP contribution is 2.61. The summed E-state index contributed by atoms with van der Waals surface area (Å²) in [6, 6.07) is 21.9. The number of carbonyl (C=O) groups is 2. The van der Waals surface area contributed by atoms with E-state index in [1.54, 1.807) is 10.0 Å². The van der Waals surface area contributed by atoms with Gasteiger partial charge in [0.05, 0.1) is 40.3 Å². The minimum Gasteiger partial charge on any atom is -0.492 e. The van der Waals surface area contributed by atoms with Gasteiger partial charge in [-0.05, 0) is 47.3 Å². The van der Waals surface area contributed by atoms with Gasteiger partial charge >= 0.3 is 0 Å². The Hall–Kier alpha value is -3.36. The van der Waals surface area contributed by atoms with Gasteiger partial charge in [-0.1, -0.05) is 171 Å². The maximum absolute atomic E-state index is 14.5. The monoisotopic (exact) mass is 742 g/mol. The molecule has 2 aliphatic rings. The number of benzene rings is 3. The van der Waals surface area contributed by atoms with Crippen LogP contribution in [0.3, 0.4) is 0 Å². The van der Waals surface area contributed by atoms with Crippen LogP contribution in [0, 0.1) is 11.8 Å². The fraction of sp³-hybridized carbons (Fsp3) is 0.500. The van der Waals surface area contributed by atoms with Gasteiger partial charge < -0.3 is 9.47 Å². The summed E-state index contributed by atoms with van der Waals surface area (Å²) in [7, 11) is 0. The van der Waals surface area contributed by atoms with Crippen molar-refractivity contribution in [3.05, 3.63) is 93.2 Å². The Labute approximate surface area is 321 Å². The van der Waals surface area contributed by atoms with Crippen molar-refractivity contribution < 1.29 is 19.1 Å². The zero-order valence-electron chi connectivity index (χ0n) is 32.3. The Morgan fingerprint density at radius 3 is 1.62 bits per heavy atom. The fourth-order valence-corrected chi connectivity index (χ4v) is 9.38. The molecule has 0 aromatic heterocycles. The van der Waals surface area contributed by atoms with E-state index in [2.05, 4.69) is 54.5 Å². The van der Waals surface area contributed by atoms with E-state index in [1.807, 2.05) is 60.7 Å². The standard InChI is InChI=1S/C44H58N2O4S2/c1-8-12-20-31(10-3)29-49-36-26-35(44(5,6)7)38(50-30-32(11-4)21-13-9-2)40-39(36)51-43(52-40)37-41(47)45(27-33-22-16-14-17-23-33)46(42(37)48)28-34-24-18-15-19-25-34/h14-19,22-26,31-32H,8-13,20-21,27-30H2,1-7H3. The van der Waals surface area contributed by atoms with Crippen LogP contribution in [0.4, 0.5) is 0 Å². The summed E-state index contributed by atoms with van der Waals surface area (Å²) in [6.45, 7) is 17.5. The fourth-order valence-electron chi connectivity index (χ4n) is 6.68. The SMILES string of the molecule is CCCCC(CC)COc1cc(C(C)(C)C)c(OCC(CC)CCCC)c2c1SC(=C1C(=O)N(Cc3ccccc3)N(Cc3ccccc3)C1=O)S2. The summed E-state index contributed by atoms with van der Waals surface area (Å²) in [4.78, 5) is 30.9. The molecule has 0 saturated carbocycles. The number of nitrogens with zero attached hydrogens (tertiary/aromatic N) is 2. The first-order chi connectivity index (χ1) is 25.1. The number of fused-ring (bicyclic) bond motifs is 1. The maximum Gasteiger partial charge on any atom is 0.280 e. The van der Waals surface area contributed by atoms with E-state index < -0.39 is 0 Å². The van der Waals surface area contributed by atoms with Crippen LogP contribution < -0.4 is 9.47 Å². The molecule has 8 heteroatoms. The molecule has 0 bridgehead atoms. The lowest BCUT2D eigenvalue weighted by Crippen LogP contribution is -2.39. The van der Waals surface area contributed by atoms with Gasteiger partial charge in [-0.2, -0.15) is 0 Å². The van der Waals surface area contributed by atoms with Crippen LogP contribution in [0.25, 0.3) is 0 Å². The molecule has 3 aromatic carbocycles. The summed E-state index contributed by atoms with van der Waals surface area (Å²) in [6.07, 6.45) is 9.06. The Kier molecular flexibility index (Phi) is 14.3. The molecular formula is C44H58N2O4S2. The zero-order chi connectivity index (χ0) is 37.3. The molecule has 6 nitrogen and oxygen atoms in total.